The van der Waals surface area contributed by atoms with Gasteiger partial charge in [0.2, 0.25) is 0 Å². The van der Waals surface area contributed by atoms with Crippen LogP contribution < -0.4 is 9.80 Å². The van der Waals surface area contributed by atoms with E-state index in [4.69, 9.17) is 0 Å². The molecule has 0 aromatic heterocycles. The maximum absolute atomic E-state index is 2.65. The Kier molecular flexibility index (Phi) is 8.54. The SMILES string of the molecule is Cc1ccc(N(c2ccc3c(ccc4cc(N(c5ccc(C)cc5)C5C(C)CC(C)CC5C)ccc43)c2)c2c(C)cc(C)cc2C)cc1. The molecule has 0 spiro atoms. The average molecular weight is 631 g/mol. The molecule has 2 unspecified atom stereocenters. The van der Waals surface area contributed by atoms with E-state index in [1.54, 1.807) is 0 Å². The molecule has 0 saturated heterocycles. The Bertz CT molecular complexity index is 2050. The Morgan fingerprint density at radius 3 is 1.46 bits per heavy atom. The van der Waals surface area contributed by atoms with Crippen LogP contribution in [0.1, 0.15) is 61.4 Å². The van der Waals surface area contributed by atoms with Crippen molar-refractivity contribution in [2.75, 3.05) is 9.80 Å². The zero-order valence-corrected chi connectivity index (χ0v) is 30.0. The molecular formula is C46H50N2. The molecule has 1 fully saturated rings. The van der Waals surface area contributed by atoms with E-state index in [0.717, 1.165) is 5.92 Å². The van der Waals surface area contributed by atoms with E-state index >= 15 is 0 Å². The molecule has 244 valence electrons. The van der Waals surface area contributed by atoms with Crippen molar-refractivity contribution in [3.05, 3.63) is 137 Å². The fourth-order valence-electron chi connectivity index (χ4n) is 8.87. The van der Waals surface area contributed by atoms with Gasteiger partial charge in [-0.3, -0.25) is 0 Å². The Hall–Kier alpha value is -4.56. The first-order valence-corrected chi connectivity index (χ1v) is 17.8. The minimum absolute atomic E-state index is 0.464. The van der Waals surface area contributed by atoms with Gasteiger partial charge in [0.1, 0.15) is 0 Å². The molecule has 1 aliphatic rings. The van der Waals surface area contributed by atoms with E-state index in [0.29, 0.717) is 17.9 Å². The Balaban J connectivity index is 1.33. The summed E-state index contributed by atoms with van der Waals surface area (Å²) in [7, 11) is 0. The van der Waals surface area contributed by atoms with Crippen molar-refractivity contribution in [3.63, 3.8) is 0 Å². The van der Waals surface area contributed by atoms with Gasteiger partial charge in [-0.05, 0) is 146 Å². The first-order valence-electron chi connectivity index (χ1n) is 17.8. The lowest BCUT2D eigenvalue weighted by atomic mass is 9.72. The summed E-state index contributed by atoms with van der Waals surface area (Å²) in [5.74, 6) is 2.01. The lowest BCUT2D eigenvalue weighted by Gasteiger charge is -2.46. The molecule has 2 atom stereocenters. The number of aryl methyl sites for hydroxylation is 5. The molecule has 1 aliphatic carbocycles. The molecule has 2 heteroatoms. The van der Waals surface area contributed by atoms with E-state index in [1.165, 1.54) is 90.6 Å². The van der Waals surface area contributed by atoms with Crippen LogP contribution in [-0.4, -0.2) is 6.04 Å². The number of hydrogen-bond donors (Lipinski definition) is 0. The van der Waals surface area contributed by atoms with E-state index < -0.39 is 0 Å². The number of anilines is 5. The summed E-state index contributed by atoms with van der Waals surface area (Å²) in [5.41, 5.74) is 12.6. The van der Waals surface area contributed by atoms with Gasteiger partial charge in [-0.1, -0.05) is 98.1 Å². The van der Waals surface area contributed by atoms with Crippen molar-refractivity contribution in [2.24, 2.45) is 17.8 Å². The first-order chi connectivity index (χ1) is 23.1. The van der Waals surface area contributed by atoms with Crippen molar-refractivity contribution in [3.8, 4) is 0 Å². The third-order valence-corrected chi connectivity index (χ3v) is 10.8. The van der Waals surface area contributed by atoms with Crippen molar-refractivity contribution < 1.29 is 0 Å². The standard InChI is InChI=1S/C46H50N2/c1-29-9-15-39(16-10-29)47(45-33(5)23-31(3)24-34(45)6)41-19-21-43-37(27-41)13-14-38-28-42(20-22-44(38)43)48(40-17-11-30(2)12-18-40)46-35(7)25-32(4)26-36(46)8/h9-24,27-28,32,35-36,46H,25-26H2,1-8H3. The van der Waals surface area contributed by atoms with Gasteiger partial charge >= 0.3 is 0 Å². The highest BCUT2D eigenvalue weighted by molar-refractivity contribution is 6.09. The lowest BCUT2D eigenvalue weighted by molar-refractivity contribution is 0.194. The molecule has 7 rings (SSSR count). The third-order valence-electron chi connectivity index (χ3n) is 10.8. The fourth-order valence-corrected chi connectivity index (χ4v) is 8.87. The number of nitrogens with zero attached hydrogens (tertiary/aromatic N) is 2. The summed E-state index contributed by atoms with van der Waals surface area (Å²) in [4.78, 5) is 5.09. The molecule has 6 aromatic carbocycles. The van der Waals surface area contributed by atoms with Crippen LogP contribution >= 0.6 is 0 Å². The molecule has 6 aromatic rings. The second-order valence-electron chi connectivity index (χ2n) is 15.0. The third kappa shape index (κ3) is 5.98. The van der Waals surface area contributed by atoms with Gasteiger partial charge in [-0.25, -0.2) is 0 Å². The van der Waals surface area contributed by atoms with Crippen molar-refractivity contribution in [1.82, 2.24) is 0 Å². The van der Waals surface area contributed by atoms with Crippen LogP contribution in [0.5, 0.6) is 0 Å². The van der Waals surface area contributed by atoms with Crippen LogP contribution in [0.25, 0.3) is 21.5 Å². The number of fused-ring (bicyclic) bond motifs is 3. The van der Waals surface area contributed by atoms with Gasteiger partial charge in [0.05, 0.1) is 5.69 Å². The monoisotopic (exact) mass is 630 g/mol. The van der Waals surface area contributed by atoms with Crippen LogP contribution in [0.4, 0.5) is 28.4 Å². The average Bonchev–Trinajstić information content (AvgIpc) is 3.05. The van der Waals surface area contributed by atoms with Gasteiger partial charge < -0.3 is 9.80 Å². The highest BCUT2D eigenvalue weighted by Gasteiger charge is 2.36. The van der Waals surface area contributed by atoms with Crippen LogP contribution in [0, 0.1) is 52.4 Å². The largest absolute Gasteiger partial charge is 0.338 e. The van der Waals surface area contributed by atoms with Crippen LogP contribution in [0.3, 0.4) is 0 Å². The molecule has 48 heavy (non-hydrogen) atoms. The Labute approximate surface area is 288 Å². The molecule has 1 saturated carbocycles. The van der Waals surface area contributed by atoms with Gasteiger partial charge in [-0.2, -0.15) is 0 Å². The van der Waals surface area contributed by atoms with Crippen LogP contribution in [0.2, 0.25) is 0 Å². The predicted molar refractivity (Wildman–Crippen MR) is 209 cm³/mol. The molecule has 0 radical (unpaired) electrons. The topological polar surface area (TPSA) is 6.48 Å². The van der Waals surface area contributed by atoms with E-state index in [1.807, 2.05) is 0 Å². The predicted octanol–water partition coefficient (Wildman–Crippen LogP) is 13.2. The summed E-state index contributed by atoms with van der Waals surface area (Å²) < 4.78 is 0. The summed E-state index contributed by atoms with van der Waals surface area (Å²) >= 11 is 0. The van der Waals surface area contributed by atoms with Crippen molar-refractivity contribution >= 4 is 50.0 Å². The second-order valence-corrected chi connectivity index (χ2v) is 15.0. The van der Waals surface area contributed by atoms with E-state index in [-0.39, 0.29) is 0 Å². The molecule has 0 aliphatic heterocycles. The molecular weight excluding hydrogens is 581 g/mol. The van der Waals surface area contributed by atoms with Gasteiger partial charge in [-0.15, -0.1) is 0 Å². The van der Waals surface area contributed by atoms with Crippen molar-refractivity contribution in [1.29, 1.82) is 0 Å². The second kappa shape index (κ2) is 12.8. The highest BCUT2D eigenvalue weighted by atomic mass is 15.2. The Morgan fingerprint density at radius 1 is 0.458 bits per heavy atom. The molecule has 0 bridgehead atoms. The lowest BCUT2D eigenvalue weighted by Crippen LogP contribution is -2.45. The molecule has 0 N–H and O–H groups in total. The summed E-state index contributed by atoms with van der Waals surface area (Å²) in [6.07, 6.45) is 2.55. The summed E-state index contributed by atoms with van der Waals surface area (Å²) in [6, 6.07) is 41.9. The maximum atomic E-state index is 2.65. The number of hydrogen-bond acceptors (Lipinski definition) is 2. The highest BCUT2D eigenvalue weighted by Crippen LogP contribution is 2.44. The maximum Gasteiger partial charge on any atom is 0.0520 e. The van der Waals surface area contributed by atoms with Crippen LogP contribution in [-0.2, 0) is 0 Å². The quantitative estimate of drug-likeness (QED) is 0.169. The zero-order valence-electron chi connectivity index (χ0n) is 30.0. The first kappa shape index (κ1) is 32.0. The van der Waals surface area contributed by atoms with Crippen LogP contribution in [0.15, 0.2) is 109 Å². The molecule has 0 heterocycles. The summed E-state index contributed by atoms with van der Waals surface area (Å²) in [5, 5.41) is 5.13. The number of benzene rings is 6. The minimum atomic E-state index is 0.464. The van der Waals surface area contributed by atoms with E-state index in [2.05, 4.69) is 174 Å². The zero-order chi connectivity index (χ0) is 33.7. The fraction of sp³-hybridized carbons (Fsp3) is 0.304. The van der Waals surface area contributed by atoms with Gasteiger partial charge in [0.25, 0.3) is 0 Å². The molecule has 0 amide bonds. The van der Waals surface area contributed by atoms with Gasteiger partial charge in [0.15, 0.2) is 0 Å². The smallest absolute Gasteiger partial charge is 0.0520 e. The number of rotatable bonds is 6. The molecule has 2 nitrogen and oxygen atoms in total. The van der Waals surface area contributed by atoms with E-state index in [9.17, 15) is 0 Å². The Morgan fingerprint density at radius 2 is 0.917 bits per heavy atom. The summed E-state index contributed by atoms with van der Waals surface area (Å²) in [6.45, 7) is 18.3. The van der Waals surface area contributed by atoms with Gasteiger partial charge in [0, 0.05) is 28.8 Å². The minimum Gasteiger partial charge on any atom is -0.338 e. The van der Waals surface area contributed by atoms with Crippen molar-refractivity contribution in [2.45, 2.75) is 74.3 Å². The normalized spacial score (nSPS) is 19.5.